The number of quaternary nitrogens is 2. The lowest BCUT2D eigenvalue weighted by atomic mass is 10.1. The molecule has 0 atom stereocenters. The smallest absolute Gasteiger partial charge is 0.246 e. The van der Waals surface area contributed by atoms with Gasteiger partial charge in [-0.25, -0.2) is 16.8 Å². The summed E-state index contributed by atoms with van der Waals surface area (Å²) >= 11 is 0. The highest BCUT2D eigenvalue weighted by atomic mass is 32.3. The van der Waals surface area contributed by atoms with Crippen molar-refractivity contribution in [3.63, 3.8) is 0 Å². The molecule has 0 heterocycles. The van der Waals surface area contributed by atoms with Crippen molar-refractivity contribution < 1.29 is 43.6 Å². The van der Waals surface area contributed by atoms with Crippen molar-refractivity contribution >= 4 is 20.8 Å². The van der Waals surface area contributed by atoms with Crippen LogP contribution in [0.4, 0.5) is 0 Å². The Bertz CT molecular complexity index is 790. The van der Waals surface area contributed by atoms with E-state index in [1.54, 1.807) is 0 Å². The molecule has 0 aliphatic rings. The number of hydrogen-bond acceptors (Lipinski definition) is 8. The van der Waals surface area contributed by atoms with E-state index < -0.39 is 20.8 Å². The van der Waals surface area contributed by atoms with Gasteiger partial charge in [-0.1, -0.05) is 117 Å². The third kappa shape index (κ3) is 35.5. The van der Waals surface area contributed by atoms with Gasteiger partial charge >= 0.3 is 0 Å². The zero-order valence-electron chi connectivity index (χ0n) is 32.8. The van der Waals surface area contributed by atoms with Gasteiger partial charge in [0.2, 0.25) is 20.8 Å². The van der Waals surface area contributed by atoms with E-state index >= 15 is 0 Å². The van der Waals surface area contributed by atoms with Crippen LogP contribution in [-0.2, 0) is 29.5 Å². The maximum absolute atomic E-state index is 9.37. The highest BCUT2D eigenvalue weighted by Crippen LogP contribution is 2.15. The molecule has 0 unspecified atom stereocenters. The Morgan fingerprint density at radius 2 is 0.542 bits per heavy atom. The highest BCUT2D eigenvalue weighted by Gasteiger charge is 2.20. The molecule has 0 rings (SSSR count). The normalized spacial score (nSPS) is 12.3. The Labute approximate surface area is 299 Å². The molecule has 0 amide bonds. The summed E-state index contributed by atoms with van der Waals surface area (Å²) in [6.45, 7) is 29.4. The van der Waals surface area contributed by atoms with Gasteiger partial charge in [0, 0.05) is 0 Å². The molecule has 0 aromatic carbocycles. The van der Waals surface area contributed by atoms with Crippen molar-refractivity contribution in [3.05, 3.63) is 0 Å². The largest absolute Gasteiger partial charge is 0.724 e. The maximum Gasteiger partial charge on any atom is 0.246 e. The zero-order chi connectivity index (χ0) is 37.2. The summed E-state index contributed by atoms with van der Waals surface area (Å²) in [5.41, 5.74) is 0. The lowest BCUT2D eigenvalue weighted by molar-refractivity contribution is -0.923. The lowest BCUT2D eigenvalue weighted by Crippen LogP contribution is -2.48. The van der Waals surface area contributed by atoms with Crippen LogP contribution in [0.2, 0.25) is 0 Å². The van der Waals surface area contributed by atoms with Gasteiger partial charge in [-0.2, -0.15) is 0 Å². The molecule has 0 aliphatic carbocycles. The van der Waals surface area contributed by atoms with Gasteiger partial charge in [-0.15, -0.1) is 8.67 Å². The molecular formula is C36H80N2O8S2. The van der Waals surface area contributed by atoms with E-state index in [4.69, 9.17) is 0 Å². The first-order chi connectivity index (χ1) is 22.7. The summed E-state index contributed by atoms with van der Waals surface area (Å²) in [4.78, 5) is 0. The molecule has 0 radical (unpaired) electrons. The Morgan fingerprint density at radius 3 is 0.708 bits per heavy atom. The van der Waals surface area contributed by atoms with Crippen LogP contribution in [0, 0.1) is 0 Å². The SMILES string of the molecule is CCCCCCCCCCCC[N+](CC)(CC)CC.CCCCCCCCCCCC[N+](CC)(CC)CC.O=S(=O)([O-])OOS(=O)(=O)[O-]. The minimum absolute atomic E-state index is 1.31. The van der Waals surface area contributed by atoms with Crippen LogP contribution in [0.5, 0.6) is 0 Å². The fourth-order valence-electron chi connectivity index (χ4n) is 6.23. The topological polar surface area (TPSA) is 133 Å². The molecule has 48 heavy (non-hydrogen) atoms. The van der Waals surface area contributed by atoms with E-state index in [1.807, 2.05) is 0 Å². The van der Waals surface area contributed by atoms with E-state index in [2.05, 4.69) is 64.1 Å². The minimum atomic E-state index is -5.31. The van der Waals surface area contributed by atoms with E-state index in [9.17, 15) is 25.9 Å². The van der Waals surface area contributed by atoms with Gasteiger partial charge in [0.1, 0.15) is 0 Å². The van der Waals surface area contributed by atoms with Crippen LogP contribution in [0.3, 0.4) is 0 Å². The van der Waals surface area contributed by atoms with E-state index in [0.717, 1.165) is 0 Å². The zero-order valence-corrected chi connectivity index (χ0v) is 34.4. The van der Waals surface area contributed by atoms with Gasteiger partial charge in [-0.05, 0) is 67.2 Å². The van der Waals surface area contributed by atoms with Gasteiger partial charge in [0.15, 0.2) is 0 Å². The predicted octanol–water partition coefficient (Wildman–Crippen LogP) is 9.42. The average Bonchev–Trinajstić information content (AvgIpc) is 3.06. The van der Waals surface area contributed by atoms with E-state index in [-0.39, 0.29) is 0 Å². The summed E-state index contributed by atoms with van der Waals surface area (Å²) in [7, 11) is -10.6. The molecule has 10 nitrogen and oxygen atoms in total. The molecule has 0 saturated carbocycles. The van der Waals surface area contributed by atoms with Gasteiger partial charge in [-0.3, -0.25) is 0 Å². The van der Waals surface area contributed by atoms with Gasteiger partial charge in [0.25, 0.3) is 0 Å². The Balaban J connectivity index is -0.000000665. The number of hydrogen-bond donors (Lipinski definition) is 0. The number of rotatable bonds is 31. The monoisotopic (exact) mass is 733 g/mol. The van der Waals surface area contributed by atoms with Crippen LogP contribution in [0.1, 0.15) is 184 Å². The standard InChI is InChI=1S/2C18H40N.H2O8S2/c2*1-5-9-10-11-12-13-14-15-16-17-18-19(6-2,7-3)8-4;1-9(2,3)7-8-10(4,5)6/h2*5-18H2,1-4H3;(H,1,2,3)(H,4,5,6)/q2*+1;/p-2. The molecular weight excluding hydrogens is 653 g/mol. The summed E-state index contributed by atoms with van der Waals surface area (Å²) in [5, 5.41) is 0. The molecule has 294 valence electrons. The van der Waals surface area contributed by atoms with Crippen LogP contribution in [0.15, 0.2) is 0 Å². The first-order valence-corrected chi connectivity index (χ1v) is 22.4. The molecule has 0 bridgehead atoms. The first-order valence-electron chi connectivity index (χ1n) is 19.7. The summed E-state index contributed by atoms with van der Waals surface area (Å²) in [6, 6.07) is 0. The molecule has 0 fully saturated rings. The third-order valence-corrected chi connectivity index (χ3v) is 10.7. The summed E-state index contributed by atoms with van der Waals surface area (Å²) < 4.78 is 64.1. The minimum Gasteiger partial charge on any atom is -0.724 e. The summed E-state index contributed by atoms with van der Waals surface area (Å²) in [6.07, 6.45) is 29.0. The second kappa shape index (κ2) is 33.8. The first kappa shape index (κ1) is 52.0. The Hall–Kier alpha value is -0.340. The van der Waals surface area contributed by atoms with Crippen LogP contribution in [-0.4, -0.2) is 87.3 Å². The van der Waals surface area contributed by atoms with Gasteiger partial charge in [0.05, 0.1) is 52.4 Å². The van der Waals surface area contributed by atoms with Crippen LogP contribution in [0.25, 0.3) is 0 Å². The van der Waals surface area contributed by atoms with Crippen molar-refractivity contribution in [1.29, 1.82) is 0 Å². The van der Waals surface area contributed by atoms with Crippen LogP contribution < -0.4 is 0 Å². The Morgan fingerprint density at radius 1 is 0.354 bits per heavy atom. The molecule has 12 heteroatoms. The number of unbranched alkanes of at least 4 members (excludes halogenated alkanes) is 18. The van der Waals surface area contributed by atoms with Crippen molar-refractivity contribution in [2.75, 3.05) is 52.4 Å². The average molecular weight is 733 g/mol. The van der Waals surface area contributed by atoms with E-state index in [1.165, 1.54) is 190 Å². The molecule has 0 N–H and O–H groups in total. The van der Waals surface area contributed by atoms with Crippen LogP contribution >= 0.6 is 0 Å². The molecule has 0 aliphatic heterocycles. The Kier molecular flexibility index (Phi) is 36.6. The molecule has 0 aromatic rings. The molecule has 0 saturated heterocycles. The maximum atomic E-state index is 9.37. The van der Waals surface area contributed by atoms with Gasteiger partial charge < -0.3 is 18.1 Å². The molecule has 0 aromatic heterocycles. The quantitative estimate of drug-likeness (QED) is 0.0172. The highest BCUT2D eigenvalue weighted by molar-refractivity contribution is 7.83. The second-order valence-corrected chi connectivity index (χ2v) is 15.2. The third-order valence-electron chi connectivity index (χ3n) is 10.2. The van der Waals surface area contributed by atoms with Crippen molar-refractivity contribution in [3.8, 4) is 0 Å². The number of nitrogens with zero attached hydrogens (tertiary/aromatic N) is 2. The lowest BCUT2D eigenvalue weighted by Gasteiger charge is -2.35. The van der Waals surface area contributed by atoms with E-state index in [0.29, 0.717) is 0 Å². The molecule has 0 spiro atoms. The predicted molar refractivity (Wildman–Crippen MR) is 199 cm³/mol. The summed E-state index contributed by atoms with van der Waals surface area (Å²) in [5.74, 6) is 0. The fourth-order valence-corrected chi connectivity index (χ4v) is 6.77. The van der Waals surface area contributed by atoms with Crippen molar-refractivity contribution in [1.82, 2.24) is 0 Å². The van der Waals surface area contributed by atoms with Crippen molar-refractivity contribution in [2.45, 2.75) is 184 Å². The van der Waals surface area contributed by atoms with Crippen molar-refractivity contribution in [2.24, 2.45) is 0 Å². The fraction of sp³-hybridized carbons (Fsp3) is 1.00. The second-order valence-electron chi connectivity index (χ2n) is 13.3.